The predicted octanol–water partition coefficient (Wildman–Crippen LogP) is 1.40. The van der Waals surface area contributed by atoms with E-state index in [0.717, 1.165) is 6.42 Å². The molecule has 1 atom stereocenters. The molecule has 8 nitrogen and oxygen atoms in total. The lowest BCUT2D eigenvalue weighted by Gasteiger charge is -2.24. The van der Waals surface area contributed by atoms with E-state index < -0.39 is 6.04 Å². The minimum Gasteiger partial charge on any atom is -0.352 e. The summed E-state index contributed by atoms with van der Waals surface area (Å²) in [7, 11) is 0. The van der Waals surface area contributed by atoms with Gasteiger partial charge in [-0.3, -0.25) is 9.59 Å². The highest BCUT2D eigenvalue weighted by Gasteiger charge is 2.35. The zero-order valence-electron chi connectivity index (χ0n) is 13.2. The van der Waals surface area contributed by atoms with Crippen LogP contribution in [0, 0.1) is 0 Å². The summed E-state index contributed by atoms with van der Waals surface area (Å²) < 4.78 is 0. The van der Waals surface area contributed by atoms with Gasteiger partial charge in [0.1, 0.15) is 6.04 Å². The van der Waals surface area contributed by atoms with Crippen molar-refractivity contribution in [3.8, 4) is 0 Å². The molecule has 0 bridgehead atoms. The highest BCUT2D eigenvalue weighted by molar-refractivity contribution is 6.35. The number of rotatable bonds is 5. The molecule has 0 radical (unpaired) electrons. The van der Waals surface area contributed by atoms with Gasteiger partial charge in [0.05, 0.1) is 17.1 Å². The van der Waals surface area contributed by atoms with Gasteiger partial charge < -0.3 is 10.2 Å². The molecule has 2 heterocycles. The molecule has 1 fully saturated rings. The van der Waals surface area contributed by atoms with Crippen LogP contribution in [0.2, 0.25) is 10.0 Å². The molecule has 3 rings (SSSR count). The Bertz CT molecular complexity index is 767. The lowest BCUT2D eigenvalue weighted by atomic mass is 10.1. The summed E-state index contributed by atoms with van der Waals surface area (Å²) in [4.78, 5) is 28.1. The predicted molar refractivity (Wildman–Crippen MR) is 91.3 cm³/mol. The van der Waals surface area contributed by atoms with Gasteiger partial charge in [-0.1, -0.05) is 23.2 Å². The maximum absolute atomic E-state index is 12.8. The third-order valence-electron chi connectivity index (χ3n) is 3.98. The number of hydrogen-bond acceptors (Lipinski definition) is 5. The van der Waals surface area contributed by atoms with Crippen LogP contribution >= 0.6 is 23.2 Å². The highest BCUT2D eigenvalue weighted by Crippen LogP contribution is 2.26. The molecule has 2 aromatic rings. The molecule has 1 aromatic carbocycles. The molecule has 0 saturated carbocycles. The summed E-state index contributed by atoms with van der Waals surface area (Å²) in [6, 6.07) is 4.20. The number of likely N-dealkylation sites (tertiary alicyclic amines) is 1. The zero-order valence-corrected chi connectivity index (χ0v) is 14.7. The van der Waals surface area contributed by atoms with Gasteiger partial charge in [0.15, 0.2) is 6.33 Å². The van der Waals surface area contributed by atoms with Gasteiger partial charge in [0.2, 0.25) is 5.91 Å². The Morgan fingerprint density at radius 1 is 1.32 bits per heavy atom. The van der Waals surface area contributed by atoms with Gasteiger partial charge >= 0.3 is 0 Å². The summed E-state index contributed by atoms with van der Waals surface area (Å²) >= 11 is 12.1. The van der Waals surface area contributed by atoms with Crippen molar-refractivity contribution in [2.45, 2.75) is 25.4 Å². The van der Waals surface area contributed by atoms with E-state index in [1.54, 1.807) is 17.0 Å². The van der Waals surface area contributed by atoms with Crippen molar-refractivity contribution in [3.63, 3.8) is 0 Å². The van der Waals surface area contributed by atoms with Crippen LogP contribution in [0.5, 0.6) is 0 Å². The van der Waals surface area contributed by atoms with Gasteiger partial charge in [-0.15, -0.1) is 10.2 Å². The van der Waals surface area contributed by atoms with Crippen LogP contribution in [0.15, 0.2) is 24.5 Å². The van der Waals surface area contributed by atoms with E-state index in [0.29, 0.717) is 41.7 Å². The van der Waals surface area contributed by atoms with Crippen LogP contribution in [0.25, 0.3) is 0 Å². The summed E-state index contributed by atoms with van der Waals surface area (Å²) in [6.07, 6.45) is 2.69. The standard InChI is InChI=1S/C15H16Cl2N6O2/c16-10-3-4-12(17)11(8-10)15(25)22-6-1-2-13(22)14(24)18-5-7-23-20-9-19-21-23/h3-4,8-9,13H,1-2,5-7H2,(H,18,24). The van der Waals surface area contributed by atoms with Crippen molar-refractivity contribution in [1.29, 1.82) is 0 Å². The number of carbonyl (C=O) groups is 2. The van der Waals surface area contributed by atoms with Crippen molar-refractivity contribution in [3.05, 3.63) is 40.1 Å². The summed E-state index contributed by atoms with van der Waals surface area (Å²) in [5, 5.41) is 14.7. The maximum atomic E-state index is 12.8. The molecule has 0 spiro atoms. The molecular formula is C15H16Cl2N6O2. The largest absolute Gasteiger partial charge is 0.352 e. The molecular weight excluding hydrogens is 367 g/mol. The average Bonchev–Trinajstić information content (AvgIpc) is 3.27. The van der Waals surface area contributed by atoms with E-state index in [4.69, 9.17) is 23.2 Å². The number of carbonyl (C=O) groups excluding carboxylic acids is 2. The van der Waals surface area contributed by atoms with Crippen molar-refractivity contribution in [2.24, 2.45) is 0 Å². The molecule has 132 valence electrons. The monoisotopic (exact) mass is 382 g/mol. The minimum atomic E-state index is -0.522. The Kier molecular flexibility index (Phi) is 5.50. The molecule has 10 heteroatoms. The summed E-state index contributed by atoms with van der Waals surface area (Å²) in [5.41, 5.74) is 0.306. The second-order valence-corrected chi connectivity index (χ2v) is 6.45. The number of tetrazole rings is 1. The first-order valence-corrected chi connectivity index (χ1v) is 8.56. The maximum Gasteiger partial charge on any atom is 0.256 e. The Morgan fingerprint density at radius 3 is 2.92 bits per heavy atom. The number of hydrogen-bond donors (Lipinski definition) is 1. The second kappa shape index (κ2) is 7.79. The van der Waals surface area contributed by atoms with Crippen molar-refractivity contribution in [2.75, 3.05) is 13.1 Å². The number of aromatic nitrogens is 4. The summed E-state index contributed by atoms with van der Waals surface area (Å²) in [5.74, 6) is -0.493. The van der Waals surface area contributed by atoms with Crippen LogP contribution in [0.4, 0.5) is 0 Å². The average molecular weight is 383 g/mol. The van der Waals surface area contributed by atoms with Crippen LogP contribution < -0.4 is 5.32 Å². The van der Waals surface area contributed by atoms with Crippen LogP contribution in [-0.2, 0) is 11.3 Å². The SMILES string of the molecule is O=C(NCCn1ncnn1)C1CCCN1C(=O)c1cc(Cl)ccc1Cl. The van der Waals surface area contributed by atoms with Gasteiger partial charge in [0, 0.05) is 18.1 Å². The number of amides is 2. The van der Waals surface area contributed by atoms with Gasteiger partial charge in [0.25, 0.3) is 5.91 Å². The summed E-state index contributed by atoms with van der Waals surface area (Å²) in [6.45, 7) is 1.27. The molecule has 1 aliphatic heterocycles. The van der Waals surface area contributed by atoms with E-state index in [9.17, 15) is 9.59 Å². The van der Waals surface area contributed by atoms with Crippen LogP contribution in [-0.4, -0.2) is 56.1 Å². The number of nitrogens with one attached hydrogen (secondary N) is 1. The van der Waals surface area contributed by atoms with Crippen molar-refractivity contribution < 1.29 is 9.59 Å². The second-order valence-electron chi connectivity index (χ2n) is 5.60. The number of nitrogens with zero attached hydrogens (tertiary/aromatic N) is 5. The van der Waals surface area contributed by atoms with Crippen molar-refractivity contribution >= 4 is 35.0 Å². The first-order valence-electron chi connectivity index (χ1n) is 7.81. The highest BCUT2D eigenvalue weighted by atomic mass is 35.5. The van der Waals surface area contributed by atoms with E-state index in [1.165, 1.54) is 17.2 Å². The molecule has 1 aliphatic rings. The Balaban J connectivity index is 1.64. The van der Waals surface area contributed by atoms with E-state index in [2.05, 4.69) is 20.7 Å². The van der Waals surface area contributed by atoms with Crippen LogP contribution in [0.1, 0.15) is 23.2 Å². The quantitative estimate of drug-likeness (QED) is 0.843. The van der Waals surface area contributed by atoms with Crippen molar-refractivity contribution in [1.82, 2.24) is 30.4 Å². The molecule has 25 heavy (non-hydrogen) atoms. The fourth-order valence-corrected chi connectivity index (χ4v) is 3.16. The molecule has 1 N–H and O–H groups in total. The van der Waals surface area contributed by atoms with E-state index in [-0.39, 0.29) is 11.8 Å². The first kappa shape index (κ1) is 17.6. The van der Waals surface area contributed by atoms with Gasteiger partial charge in [-0.05, 0) is 36.3 Å². The third-order valence-corrected chi connectivity index (χ3v) is 4.54. The first-order chi connectivity index (χ1) is 12.1. The fourth-order valence-electron chi connectivity index (χ4n) is 2.79. The molecule has 1 aromatic heterocycles. The number of halogens is 2. The topological polar surface area (TPSA) is 93.0 Å². The molecule has 0 aliphatic carbocycles. The van der Waals surface area contributed by atoms with Gasteiger partial charge in [-0.2, -0.15) is 4.80 Å². The smallest absolute Gasteiger partial charge is 0.256 e. The molecule has 1 saturated heterocycles. The number of benzene rings is 1. The van der Waals surface area contributed by atoms with E-state index >= 15 is 0 Å². The Hall–Kier alpha value is -2.19. The Morgan fingerprint density at radius 2 is 2.16 bits per heavy atom. The minimum absolute atomic E-state index is 0.205. The van der Waals surface area contributed by atoms with Crippen LogP contribution in [0.3, 0.4) is 0 Å². The molecule has 1 unspecified atom stereocenters. The van der Waals surface area contributed by atoms with Gasteiger partial charge in [-0.25, -0.2) is 0 Å². The fraction of sp³-hybridized carbons (Fsp3) is 0.400. The zero-order chi connectivity index (χ0) is 17.8. The Labute approximate surface area is 154 Å². The lowest BCUT2D eigenvalue weighted by molar-refractivity contribution is -0.124. The normalized spacial score (nSPS) is 16.9. The molecule has 2 amide bonds. The lowest BCUT2D eigenvalue weighted by Crippen LogP contribution is -2.46. The van der Waals surface area contributed by atoms with E-state index in [1.807, 2.05) is 0 Å². The third kappa shape index (κ3) is 4.08.